The fraction of sp³-hybridized carbons (Fsp3) is 0.125. The minimum Gasteiger partial charge on any atom is -0.449 e. The van der Waals surface area contributed by atoms with Gasteiger partial charge in [-0.1, -0.05) is 23.7 Å². The number of alkyl halides is 3. The highest BCUT2D eigenvalue weighted by Gasteiger charge is 2.38. The lowest BCUT2D eigenvalue weighted by atomic mass is 10.0. The van der Waals surface area contributed by atoms with Crippen LogP contribution in [0.1, 0.15) is 16.8 Å². The molecular weight excluding hydrogens is 531 g/mol. The molecule has 2 aromatic carbocycles. The number of halogens is 4. The minimum absolute atomic E-state index is 0.00302. The van der Waals surface area contributed by atoms with Crippen molar-refractivity contribution in [3.8, 4) is 17.6 Å². The van der Waals surface area contributed by atoms with E-state index in [1.54, 1.807) is 30.3 Å². The van der Waals surface area contributed by atoms with Gasteiger partial charge in [0.15, 0.2) is 5.69 Å². The number of rotatable bonds is 8. The van der Waals surface area contributed by atoms with E-state index in [0.29, 0.717) is 16.5 Å². The summed E-state index contributed by atoms with van der Waals surface area (Å²) >= 11 is 7.36. The number of primary amides is 1. The summed E-state index contributed by atoms with van der Waals surface area (Å²) in [5.74, 6) is -2.29. The summed E-state index contributed by atoms with van der Waals surface area (Å²) in [6, 6.07) is 12.0. The van der Waals surface area contributed by atoms with E-state index in [4.69, 9.17) is 32.7 Å². The van der Waals surface area contributed by atoms with Crippen LogP contribution < -0.4 is 16.0 Å². The van der Waals surface area contributed by atoms with E-state index >= 15 is 0 Å². The average Bonchev–Trinajstić information content (AvgIpc) is 2.83. The standard InChI is InChI=1S/C24H17ClF3N5O3S/c1-37-18-4-2-14(3-5-18)19(22(31)34)9-16(30)11-33-12-32-21(24(26,27)28)20(23(33)35)36-17-7-13(10-29)6-15(25)8-17/h2-9,12,30H,11H2,1H3,(H2,31,34)/b19-9-,30-16?. The van der Waals surface area contributed by atoms with Crippen molar-refractivity contribution in [2.75, 3.05) is 6.26 Å². The second-order valence-corrected chi connectivity index (χ2v) is 8.73. The number of nitrogens with one attached hydrogen (secondary N) is 1. The van der Waals surface area contributed by atoms with Gasteiger partial charge in [0.1, 0.15) is 5.75 Å². The van der Waals surface area contributed by atoms with Crippen LogP contribution in [-0.4, -0.2) is 27.4 Å². The zero-order valence-electron chi connectivity index (χ0n) is 19.0. The Kier molecular flexibility index (Phi) is 8.42. The van der Waals surface area contributed by atoms with Gasteiger partial charge in [0.2, 0.25) is 11.7 Å². The Labute approximate surface area is 217 Å². The number of benzene rings is 2. The van der Waals surface area contributed by atoms with E-state index in [0.717, 1.165) is 23.1 Å². The summed E-state index contributed by atoms with van der Waals surface area (Å²) in [4.78, 5) is 29.2. The highest BCUT2D eigenvalue weighted by Crippen LogP contribution is 2.35. The summed E-state index contributed by atoms with van der Waals surface area (Å²) in [5, 5.41) is 17.3. The summed E-state index contributed by atoms with van der Waals surface area (Å²) in [5.41, 5.74) is 2.70. The fourth-order valence-corrected chi connectivity index (χ4v) is 3.78. The van der Waals surface area contributed by atoms with Gasteiger partial charge in [-0.05, 0) is 48.2 Å². The Bertz CT molecular complexity index is 1500. The van der Waals surface area contributed by atoms with Crippen molar-refractivity contribution in [2.45, 2.75) is 17.6 Å². The lowest BCUT2D eigenvalue weighted by Crippen LogP contribution is -2.28. The van der Waals surface area contributed by atoms with E-state index in [1.807, 2.05) is 6.26 Å². The molecule has 0 radical (unpaired) electrons. The number of nitrogens with two attached hydrogens (primary N) is 1. The Hall–Kier alpha value is -4.08. The molecule has 0 bridgehead atoms. The van der Waals surface area contributed by atoms with Crippen LogP contribution in [0, 0.1) is 16.7 Å². The molecule has 0 spiro atoms. The first-order chi connectivity index (χ1) is 17.4. The Morgan fingerprint density at radius 1 is 1.30 bits per heavy atom. The SMILES string of the molecule is CSc1ccc(/C(=C/C(=N)Cn2cnc(C(F)(F)F)c(Oc3cc(Cl)cc(C#N)c3)c2=O)C(N)=O)cc1. The lowest BCUT2D eigenvalue weighted by Gasteiger charge is -2.15. The molecule has 0 atom stereocenters. The Morgan fingerprint density at radius 3 is 2.54 bits per heavy atom. The lowest BCUT2D eigenvalue weighted by molar-refractivity contribution is -0.142. The number of aromatic nitrogens is 2. The Morgan fingerprint density at radius 2 is 1.97 bits per heavy atom. The first-order valence-corrected chi connectivity index (χ1v) is 11.8. The molecule has 0 saturated heterocycles. The van der Waals surface area contributed by atoms with Crippen molar-refractivity contribution in [1.29, 1.82) is 10.7 Å². The molecule has 0 fully saturated rings. The number of carbonyl (C=O) groups is 1. The average molecular weight is 548 g/mol. The smallest absolute Gasteiger partial charge is 0.437 e. The van der Waals surface area contributed by atoms with Crippen LogP contribution in [0.5, 0.6) is 11.5 Å². The van der Waals surface area contributed by atoms with E-state index in [2.05, 4.69) is 4.98 Å². The number of allylic oxidation sites excluding steroid dienone is 1. The molecule has 0 aliphatic rings. The van der Waals surface area contributed by atoms with Crippen molar-refractivity contribution in [2.24, 2.45) is 5.73 Å². The van der Waals surface area contributed by atoms with Crippen molar-refractivity contribution in [1.82, 2.24) is 9.55 Å². The molecule has 1 aromatic heterocycles. The third-order valence-electron chi connectivity index (χ3n) is 4.81. The van der Waals surface area contributed by atoms with Crippen LogP contribution >= 0.6 is 23.4 Å². The summed E-state index contributed by atoms with van der Waals surface area (Å²) in [7, 11) is 0. The van der Waals surface area contributed by atoms with Gasteiger partial charge >= 0.3 is 6.18 Å². The number of hydrogen-bond acceptors (Lipinski definition) is 7. The van der Waals surface area contributed by atoms with E-state index in [-0.39, 0.29) is 27.6 Å². The zero-order valence-corrected chi connectivity index (χ0v) is 20.5. The number of amides is 1. The van der Waals surface area contributed by atoms with Crippen molar-refractivity contribution in [3.63, 3.8) is 0 Å². The maximum absolute atomic E-state index is 13.6. The molecule has 0 aliphatic heterocycles. The second-order valence-electron chi connectivity index (χ2n) is 7.42. The largest absolute Gasteiger partial charge is 0.449 e. The van der Waals surface area contributed by atoms with Crippen LogP contribution in [0.3, 0.4) is 0 Å². The molecule has 8 nitrogen and oxygen atoms in total. The van der Waals surface area contributed by atoms with Gasteiger partial charge in [-0.25, -0.2) is 4.98 Å². The van der Waals surface area contributed by atoms with Gasteiger partial charge in [0.25, 0.3) is 5.56 Å². The van der Waals surface area contributed by atoms with E-state index in [1.165, 1.54) is 17.8 Å². The van der Waals surface area contributed by atoms with Crippen LogP contribution in [0.15, 0.2) is 64.6 Å². The molecule has 37 heavy (non-hydrogen) atoms. The number of hydrogen-bond donors (Lipinski definition) is 2. The molecule has 1 heterocycles. The van der Waals surface area contributed by atoms with E-state index in [9.17, 15) is 22.8 Å². The number of ether oxygens (including phenoxy) is 1. The van der Waals surface area contributed by atoms with Gasteiger partial charge in [0, 0.05) is 15.5 Å². The zero-order chi connectivity index (χ0) is 27.3. The molecule has 3 rings (SSSR count). The van der Waals surface area contributed by atoms with Gasteiger partial charge in [0.05, 0.1) is 30.2 Å². The van der Waals surface area contributed by atoms with Crippen LogP contribution in [0.2, 0.25) is 5.02 Å². The third-order valence-corrected chi connectivity index (χ3v) is 5.77. The second kappa shape index (κ2) is 11.3. The number of carbonyl (C=O) groups excluding carboxylic acids is 1. The summed E-state index contributed by atoms with van der Waals surface area (Å²) in [6.45, 7) is -0.543. The van der Waals surface area contributed by atoms with Crippen LogP contribution in [0.4, 0.5) is 13.2 Å². The summed E-state index contributed by atoms with van der Waals surface area (Å²) < 4.78 is 46.7. The topological polar surface area (TPSA) is 135 Å². The predicted octanol–water partition coefficient (Wildman–Crippen LogP) is 4.89. The normalized spacial score (nSPS) is 11.6. The van der Waals surface area contributed by atoms with Gasteiger partial charge < -0.3 is 15.9 Å². The molecular formula is C24H17ClF3N5O3S. The molecule has 3 N–H and O–H groups in total. The van der Waals surface area contributed by atoms with Crippen molar-refractivity contribution < 1.29 is 22.7 Å². The molecule has 190 valence electrons. The highest BCUT2D eigenvalue weighted by atomic mass is 35.5. The first-order valence-electron chi connectivity index (χ1n) is 10.2. The van der Waals surface area contributed by atoms with Crippen LogP contribution in [-0.2, 0) is 17.5 Å². The third kappa shape index (κ3) is 6.78. The summed E-state index contributed by atoms with van der Waals surface area (Å²) in [6.07, 6.45) is -1.43. The van der Waals surface area contributed by atoms with Crippen LogP contribution in [0.25, 0.3) is 5.57 Å². The van der Waals surface area contributed by atoms with Crippen molar-refractivity contribution >= 4 is 40.6 Å². The van der Waals surface area contributed by atoms with Gasteiger partial charge in [-0.15, -0.1) is 11.8 Å². The maximum atomic E-state index is 13.6. The van der Waals surface area contributed by atoms with Gasteiger partial charge in [-0.3, -0.25) is 14.2 Å². The maximum Gasteiger partial charge on any atom is 0.437 e. The molecule has 0 aliphatic carbocycles. The monoisotopic (exact) mass is 547 g/mol. The minimum atomic E-state index is -5.04. The molecule has 13 heteroatoms. The molecule has 0 unspecified atom stereocenters. The quantitative estimate of drug-likeness (QED) is 0.234. The number of thioether (sulfide) groups is 1. The van der Waals surface area contributed by atoms with Crippen molar-refractivity contribution in [3.05, 3.63) is 87.1 Å². The highest BCUT2D eigenvalue weighted by molar-refractivity contribution is 7.98. The molecule has 3 aromatic rings. The van der Waals surface area contributed by atoms with Gasteiger partial charge in [-0.2, -0.15) is 18.4 Å². The van der Waals surface area contributed by atoms with E-state index < -0.39 is 35.6 Å². The number of nitriles is 1. The first kappa shape index (κ1) is 27.5. The number of nitrogens with zero attached hydrogens (tertiary/aromatic N) is 3. The molecule has 1 amide bonds. The molecule has 0 saturated carbocycles. The predicted molar refractivity (Wildman–Crippen MR) is 133 cm³/mol. The fourth-order valence-electron chi connectivity index (χ4n) is 3.15. The Balaban J connectivity index is 2.00.